The highest BCUT2D eigenvalue weighted by Gasteiger charge is 2.26. The van der Waals surface area contributed by atoms with Crippen molar-refractivity contribution in [1.82, 2.24) is 20.4 Å². The summed E-state index contributed by atoms with van der Waals surface area (Å²) in [7, 11) is 0. The molecule has 1 aliphatic heterocycles. The Morgan fingerprint density at radius 1 is 1.15 bits per heavy atom. The Kier molecular flexibility index (Phi) is 8.06. The molecule has 34 heavy (non-hydrogen) atoms. The van der Waals surface area contributed by atoms with Crippen molar-refractivity contribution in [2.24, 2.45) is 5.92 Å². The number of nitrogens with one attached hydrogen (secondary N) is 1. The Balaban J connectivity index is 1.25. The first-order chi connectivity index (χ1) is 16.4. The van der Waals surface area contributed by atoms with Crippen molar-refractivity contribution in [3.05, 3.63) is 66.1 Å². The van der Waals surface area contributed by atoms with E-state index in [0.717, 1.165) is 37.2 Å². The summed E-state index contributed by atoms with van der Waals surface area (Å²) in [5.41, 5.74) is 2.34. The van der Waals surface area contributed by atoms with Crippen LogP contribution in [0.3, 0.4) is 0 Å². The minimum absolute atomic E-state index is 0.00260. The van der Waals surface area contributed by atoms with E-state index in [1.165, 1.54) is 10.5 Å². The molecular formula is C27H34N4O2S. The van der Waals surface area contributed by atoms with Crippen molar-refractivity contribution >= 4 is 17.7 Å². The van der Waals surface area contributed by atoms with Gasteiger partial charge in [0.1, 0.15) is 0 Å². The average molecular weight is 479 g/mol. The summed E-state index contributed by atoms with van der Waals surface area (Å²) < 4.78 is 5.53. The van der Waals surface area contributed by atoms with Gasteiger partial charge in [0.25, 0.3) is 0 Å². The molecule has 0 radical (unpaired) electrons. The number of hydrogen-bond acceptors (Lipinski definition) is 6. The average Bonchev–Trinajstić information content (AvgIpc) is 3.30. The van der Waals surface area contributed by atoms with Gasteiger partial charge in [0.15, 0.2) is 0 Å². The Bertz CT molecular complexity index is 1060. The molecule has 1 aromatic heterocycles. The van der Waals surface area contributed by atoms with Crippen LogP contribution < -0.4 is 5.32 Å². The van der Waals surface area contributed by atoms with Crippen molar-refractivity contribution in [2.75, 3.05) is 25.4 Å². The van der Waals surface area contributed by atoms with Crippen LogP contribution in [0.2, 0.25) is 0 Å². The minimum Gasteiger partial charge on any atom is -0.355 e. The predicted octanol–water partition coefficient (Wildman–Crippen LogP) is 5.15. The lowest BCUT2D eigenvalue weighted by atomic mass is 9.87. The molecule has 7 heteroatoms. The topological polar surface area (TPSA) is 71.3 Å². The molecule has 6 nitrogen and oxygen atoms in total. The number of nitrogens with zero attached hydrogens (tertiary/aromatic N) is 3. The predicted molar refractivity (Wildman–Crippen MR) is 137 cm³/mol. The summed E-state index contributed by atoms with van der Waals surface area (Å²) in [6.07, 6.45) is 1.91. The molecule has 1 fully saturated rings. The number of amides is 1. The maximum Gasteiger partial charge on any atom is 0.241 e. The minimum atomic E-state index is 0.00260. The van der Waals surface area contributed by atoms with Crippen LogP contribution in [-0.2, 0) is 16.8 Å². The van der Waals surface area contributed by atoms with Crippen molar-refractivity contribution in [3.8, 4) is 11.4 Å². The van der Waals surface area contributed by atoms with Gasteiger partial charge >= 0.3 is 0 Å². The number of likely N-dealkylation sites (tertiary alicyclic amines) is 1. The summed E-state index contributed by atoms with van der Waals surface area (Å²) in [6.45, 7) is 9.50. The molecule has 1 unspecified atom stereocenters. The van der Waals surface area contributed by atoms with Crippen LogP contribution in [0.4, 0.5) is 0 Å². The molecule has 0 spiro atoms. The van der Waals surface area contributed by atoms with Crippen molar-refractivity contribution < 1.29 is 9.32 Å². The van der Waals surface area contributed by atoms with Crippen LogP contribution in [0.1, 0.15) is 45.1 Å². The molecule has 4 rings (SSSR count). The highest BCUT2D eigenvalue weighted by molar-refractivity contribution is 7.99. The molecule has 180 valence electrons. The molecule has 2 aromatic carbocycles. The van der Waals surface area contributed by atoms with E-state index in [-0.39, 0.29) is 17.2 Å². The lowest BCUT2D eigenvalue weighted by molar-refractivity contribution is -0.126. The third kappa shape index (κ3) is 6.70. The number of benzene rings is 2. The Labute approximate surface area is 206 Å². The second-order valence-corrected chi connectivity index (χ2v) is 11.0. The Morgan fingerprint density at radius 2 is 1.91 bits per heavy atom. The summed E-state index contributed by atoms with van der Waals surface area (Å²) >= 11 is 1.76. The molecule has 2 heterocycles. The van der Waals surface area contributed by atoms with E-state index in [1.807, 2.05) is 30.3 Å². The highest BCUT2D eigenvalue weighted by Crippen LogP contribution is 2.25. The summed E-state index contributed by atoms with van der Waals surface area (Å²) in [6, 6.07) is 18.6. The van der Waals surface area contributed by atoms with E-state index in [0.29, 0.717) is 24.8 Å². The van der Waals surface area contributed by atoms with E-state index in [2.05, 4.69) is 65.4 Å². The largest absolute Gasteiger partial charge is 0.355 e. The van der Waals surface area contributed by atoms with Crippen LogP contribution in [0, 0.1) is 5.92 Å². The molecule has 3 aromatic rings. The third-order valence-electron chi connectivity index (χ3n) is 6.13. The Morgan fingerprint density at radius 3 is 2.65 bits per heavy atom. The van der Waals surface area contributed by atoms with Crippen molar-refractivity contribution in [3.63, 3.8) is 0 Å². The van der Waals surface area contributed by atoms with Crippen molar-refractivity contribution in [1.29, 1.82) is 0 Å². The highest BCUT2D eigenvalue weighted by atomic mass is 32.2. The molecule has 0 aliphatic carbocycles. The Hall–Kier alpha value is -2.64. The van der Waals surface area contributed by atoms with Gasteiger partial charge in [-0.3, -0.25) is 9.69 Å². The first-order valence-corrected chi connectivity index (χ1v) is 13.0. The van der Waals surface area contributed by atoms with Gasteiger partial charge in [-0.15, -0.1) is 11.8 Å². The maximum absolute atomic E-state index is 12.7. The summed E-state index contributed by atoms with van der Waals surface area (Å²) in [5, 5.41) is 7.29. The molecule has 1 saturated heterocycles. The SMILES string of the molecule is CC(C)(C)c1ccc(-c2noc(CN3CCCC(C(=O)NCCSc4ccccc4)C3)n2)cc1. The number of carbonyl (C=O) groups excluding carboxylic acids is 1. The first kappa shape index (κ1) is 24.5. The second-order valence-electron chi connectivity index (χ2n) is 9.87. The zero-order valence-electron chi connectivity index (χ0n) is 20.3. The molecule has 0 saturated carbocycles. The third-order valence-corrected chi connectivity index (χ3v) is 7.14. The molecular weight excluding hydrogens is 444 g/mol. The second kappa shape index (κ2) is 11.2. The number of thioether (sulfide) groups is 1. The van der Waals surface area contributed by atoms with Gasteiger partial charge in [0, 0.05) is 29.3 Å². The number of carbonyl (C=O) groups is 1. The maximum atomic E-state index is 12.7. The van der Waals surface area contributed by atoms with Crippen LogP contribution in [0.25, 0.3) is 11.4 Å². The fourth-order valence-electron chi connectivity index (χ4n) is 4.16. The zero-order valence-corrected chi connectivity index (χ0v) is 21.1. The number of rotatable bonds is 8. The van der Waals surface area contributed by atoms with E-state index < -0.39 is 0 Å². The molecule has 0 bridgehead atoms. The molecule has 1 N–H and O–H groups in total. The first-order valence-electron chi connectivity index (χ1n) is 12.0. The molecule has 1 aliphatic rings. The van der Waals surface area contributed by atoms with Gasteiger partial charge in [-0.1, -0.05) is 68.4 Å². The smallest absolute Gasteiger partial charge is 0.241 e. The van der Waals surface area contributed by atoms with Crippen molar-refractivity contribution in [2.45, 2.75) is 50.5 Å². The van der Waals surface area contributed by atoms with Gasteiger partial charge in [-0.2, -0.15) is 4.98 Å². The molecule has 1 atom stereocenters. The quantitative estimate of drug-likeness (QED) is 0.356. The van der Waals surface area contributed by atoms with E-state index in [1.54, 1.807) is 11.8 Å². The van der Waals surface area contributed by atoms with E-state index in [4.69, 9.17) is 4.52 Å². The summed E-state index contributed by atoms with van der Waals surface area (Å²) in [4.78, 5) is 20.8. The number of piperidine rings is 1. The van der Waals surface area contributed by atoms with E-state index in [9.17, 15) is 4.79 Å². The van der Waals surface area contributed by atoms with Crippen LogP contribution >= 0.6 is 11.8 Å². The summed E-state index contributed by atoms with van der Waals surface area (Å²) in [5.74, 6) is 2.22. The number of aromatic nitrogens is 2. The van der Waals surface area contributed by atoms with Gasteiger partial charge < -0.3 is 9.84 Å². The van der Waals surface area contributed by atoms with E-state index >= 15 is 0 Å². The molecule has 1 amide bonds. The standard InChI is InChI=1S/C27H34N4O2S/c1-27(2,3)22-13-11-20(12-14-22)25-29-24(33-30-25)19-31-16-7-8-21(18-31)26(32)28-15-17-34-23-9-5-4-6-10-23/h4-6,9-14,21H,7-8,15-19H2,1-3H3,(H,28,32). The lowest BCUT2D eigenvalue weighted by Gasteiger charge is -2.30. The fourth-order valence-corrected chi connectivity index (χ4v) is 4.95. The monoisotopic (exact) mass is 478 g/mol. The van der Waals surface area contributed by atoms with Crippen LogP contribution in [-0.4, -0.2) is 46.3 Å². The van der Waals surface area contributed by atoms with Gasteiger partial charge in [-0.05, 0) is 42.5 Å². The number of hydrogen-bond donors (Lipinski definition) is 1. The van der Waals surface area contributed by atoms with Gasteiger partial charge in [-0.25, -0.2) is 0 Å². The van der Waals surface area contributed by atoms with Crippen LogP contribution in [0.15, 0.2) is 64.0 Å². The zero-order chi connectivity index (χ0) is 24.0. The fraction of sp³-hybridized carbons (Fsp3) is 0.444. The van der Waals surface area contributed by atoms with Crippen LogP contribution in [0.5, 0.6) is 0 Å². The normalized spacial score (nSPS) is 17.0. The van der Waals surface area contributed by atoms with Gasteiger partial charge in [0.05, 0.1) is 12.5 Å². The lowest BCUT2D eigenvalue weighted by Crippen LogP contribution is -2.43. The van der Waals surface area contributed by atoms with Gasteiger partial charge in [0.2, 0.25) is 17.6 Å².